The lowest BCUT2D eigenvalue weighted by molar-refractivity contribution is 0.0178. The van der Waals surface area contributed by atoms with E-state index in [0.717, 1.165) is 13.0 Å². The molecule has 2 atom stereocenters. The fraction of sp³-hybridized carbons (Fsp3) is 1.00. The van der Waals surface area contributed by atoms with Crippen molar-refractivity contribution in [2.75, 3.05) is 46.3 Å². The minimum absolute atomic E-state index is 0.322. The average molecular weight is 213 g/mol. The molecule has 0 aromatic heterocycles. The third-order valence-corrected chi connectivity index (χ3v) is 3.52. The van der Waals surface area contributed by atoms with E-state index in [2.05, 4.69) is 16.8 Å². The highest BCUT2D eigenvalue weighted by molar-refractivity contribution is 4.79. The van der Waals surface area contributed by atoms with Crippen LogP contribution in [0.25, 0.3) is 0 Å². The third kappa shape index (κ3) is 3.14. The molecule has 2 heterocycles. The number of likely N-dealkylation sites (N-methyl/N-ethyl adjacent to an activating group) is 1. The summed E-state index contributed by atoms with van der Waals surface area (Å²) in [6, 6.07) is 0. The Bertz CT molecular complexity index is 192. The zero-order chi connectivity index (χ0) is 10.7. The van der Waals surface area contributed by atoms with Crippen molar-refractivity contribution < 1.29 is 4.74 Å². The summed E-state index contributed by atoms with van der Waals surface area (Å²) >= 11 is 0. The molecule has 0 aliphatic carbocycles. The number of hydrogen-bond donors (Lipinski definition) is 1. The van der Waals surface area contributed by atoms with Crippen molar-refractivity contribution in [3.8, 4) is 0 Å². The second-order valence-electron chi connectivity index (χ2n) is 4.80. The van der Waals surface area contributed by atoms with Crippen LogP contribution in [0.4, 0.5) is 0 Å². The first-order valence-electron chi connectivity index (χ1n) is 6.04. The van der Waals surface area contributed by atoms with Gasteiger partial charge < -0.3 is 15.4 Å². The molecule has 88 valence electrons. The first-order valence-corrected chi connectivity index (χ1v) is 6.04. The van der Waals surface area contributed by atoms with Gasteiger partial charge in [0.25, 0.3) is 0 Å². The molecular formula is C11H23N3O. The first-order chi connectivity index (χ1) is 7.28. The summed E-state index contributed by atoms with van der Waals surface area (Å²) in [6.07, 6.45) is 3.09. The highest BCUT2D eigenvalue weighted by Gasteiger charge is 2.26. The second kappa shape index (κ2) is 5.25. The minimum atomic E-state index is 0.322. The highest BCUT2D eigenvalue weighted by Crippen LogP contribution is 2.20. The fourth-order valence-corrected chi connectivity index (χ4v) is 2.41. The van der Waals surface area contributed by atoms with Crippen molar-refractivity contribution in [1.82, 2.24) is 9.80 Å². The van der Waals surface area contributed by atoms with Crippen LogP contribution in [0.2, 0.25) is 0 Å². The zero-order valence-corrected chi connectivity index (χ0v) is 9.69. The molecule has 2 N–H and O–H groups in total. The van der Waals surface area contributed by atoms with Crippen LogP contribution in [-0.4, -0.2) is 68.3 Å². The van der Waals surface area contributed by atoms with Crippen LogP contribution in [0.5, 0.6) is 0 Å². The first kappa shape index (κ1) is 11.3. The van der Waals surface area contributed by atoms with Crippen molar-refractivity contribution in [2.45, 2.75) is 25.0 Å². The molecule has 0 aromatic rings. The Kier molecular flexibility index (Phi) is 3.97. The number of nitrogens with zero attached hydrogens (tertiary/aromatic N) is 2. The monoisotopic (exact) mass is 213 g/mol. The summed E-state index contributed by atoms with van der Waals surface area (Å²) in [6.45, 7) is 6.52. The van der Waals surface area contributed by atoms with E-state index in [1.807, 2.05) is 0 Å². The molecule has 2 rings (SSSR count). The molecule has 4 nitrogen and oxygen atoms in total. The van der Waals surface area contributed by atoms with Crippen LogP contribution in [0, 0.1) is 0 Å². The van der Waals surface area contributed by atoms with E-state index in [9.17, 15) is 0 Å². The van der Waals surface area contributed by atoms with Gasteiger partial charge in [-0.1, -0.05) is 0 Å². The van der Waals surface area contributed by atoms with Gasteiger partial charge in [0.2, 0.25) is 0 Å². The van der Waals surface area contributed by atoms with Crippen LogP contribution in [0.15, 0.2) is 0 Å². The van der Waals surface area contributed by atoms with E-state index in [1.165, 1.54) is 32.6 Å². The van der Waals surface area contributed by atoms with Gasteiger partial charge in [0.15, 0.2) is 0 Å². The number of hydrogen-bond acceptors (Lipinski definition) is 4. The molecule has 4 heteroatoms. The minimum Gasteiger partial charge on any atom is -0.372 e. The molecule has 2 fully saturated rings. The molecule has 2 saturated heterocycles. The summed E-state index contributed by atoms with van der Waals surface area (Å²) in [5.74, 6) is 0. The Morgan fingerprint density at radius 3 is 2.40 bits per heavy atom. The molecular weight excluding hydrogens is 190 g/mol. The summed E-state index contributed by atoms with van der Waals surface area (Å²) < 4.78 is 5.86. The van der Waals surface area contributed by atoms with E-state index in [1.54, 1.807) is 0 Å². The van der Waals surface area contributed by atoms with Gasteiger partial charge in [-0.25, -0.2) is 0 Å². The zero-order valence-electron chi connectivity index (χ0n) is 9.69. The van der Waals surface area contributed by atoms with Crippen molar-refractivity contribution >= 4 is 0 Å². The molecule has 2 aliphatic rings. The van der Waals surface area contributed by atoms with Crippen LogP contribution in [-0.2, 0) is 4.74 Å². The van der Waals surface area contributed by atoms with Gasteiger partial charge >= 0.3 is 0 Å². The molecule has 0 amide bonds. The molecule has 0 unspecified atom stereocenters. The average Bonchev–Trinajstić information content (AvgIpc) is 2.69. The standard InChI is InChI=1S/C11H23N3O/c1-13-4-6-14(7-5-13)9-11-3-2-10(8-12)15-11/h10-11H,2-9,12H2,1H3/t10-,11+/m1/s1. The Morgan fingerprint density at radius 2 is 1.80 bits per heavy atom. The van der Waals surface area contributed by atoms with Crippen molar-refractivity contribution in [2.24, 2.45) is 5.73 Å². The topological polar surface area (TPSA) is 41.7 Å². The maximum absolute atomic E-state index is 5.86. The Morgan fingerprint density at radius 1 is 1.13 bits per heavy atom. The molecule has 0 radical (unpaired) electrons. The predicted octanol–water partition coefficient (Wildman–Crippen LogP) is -0.260. The van der Waals surface area contributed by atoms with Crippen molar-refractivity contribution in [1.29, 1.82) is 0 Å². The van der Waals surface area contributed by atoms with Gasteiger partial charge in [-0.05, 0) is 19.9 Å². The lowest BCUT2D eigenvalue weighted by atomic mass is 10.2. The molecule has 0 saturated carbocycles. The molecule has 2 aliphatic heterocycles. The van der Waals surface area contributed by atoms with E-state index in [-0.39, 0.29) is 0 Å². The van der Waals surface area contributed by atoms with Gasteiger partial charge in [-0.15, -0.1) is 0 Å². The third-order valence-electron chi connectivity index (χ3n) is 3.52. The smallest absolute Gasteiger partial charge is 0.0707 e. The van der Waals surface area contributed by atoms with Gasteiger partial charge in [0, 0.05) is 39.3 Å². The number of nitrogens with two attached hydrogens (primary N) is 1. The maximum atomic E-state index is 5.86. The quantitative estimate of drug-likeness (QED) is 0.701. The lowest BCUT2D eigenvalue weighted by Crippen LogP contribution is -2.47. The molecule has 0 spiro atoms. The highest BCUT2D eigenvalue weighted by atomic mass is 16.5. The fourth-order valence-electron chi connectivity index (χ4n) is 2.41. The Hall–Kier alpha value is -0.160. The largest absolute Gasteiger partial charge is 0.372 e. The summed E-state index contributed by atoms with van der Waals surface area (Å²) in [7, 11) is 2.19. The van der Waals surface area contributed by atoms with Gasteiger partial charge in [0.05, 0.1) is 12.2 Å². The summed E-state index contributed by atoms with van der Waals surface area (Å²) in [5, 5.41) is 0. The van der Waals surface area contributed by atoms with Crippen LogP contribution < -0.4 is 5.73 Å². The Labute approximate surface area is 92.4 Å². The number of ether oxygens (including phenoxy) is 1. The lowest BCUT2D eigenvalue weighted by Gasteiger charge is -2.33. The SMILES string of the molecule is CN1CCN(C[C@@H]2CC[C@H](CN)O2)CC1. The maximum Gasteiger partial charge on any atom is 0.0707 e. The van der Waals surface area contributed by atoms with Gasteiger partial charge in [0.1, 0.15) is 0 Å². The van der Waals surface area contributed by atoms with E-state index in [0.29, 0.717) is 18.8 Å². The molecule has 0 aromatic carbocycles. The van der Waals surface area contributed by atoms with Crippen molar-refractivity contribution in [3.63, 3.8) is 0 Å². The summed E-state index contributed by atoms with van der Waals surface area (Å²) in [4.78, 5) is 4.90. The van der Waals surface area contributed by atoms with Gasteiger partial charge in [-0.2, -0.15) is 0 Å². The predicted molar refractivity (Wildman–Crippen MR) is 60.9 cm³/mol. The van der Waals surface area contributed by atoms with E-state index in [4.69, 9.17) is 10.5 Å². The number of piperazine rings is 1. The number of rotatable bonds is 3. The Balaban J connectivity index is 1.69. The molecule has 15 heavy (non-hydrogen) atoms. The normalized spacial score (nSPS) is 34.8. The van der Waals surface area contributed by atoms with Crippen LogP contribution in [0.1, 0.15) is 12.8 Å². The summed E-state index contributed by atoms with van der Waals surface area (Å²) in [5.41, 5.74) is 5.60. The van der Waals surface area contributed by atoms with E-state index < -0.39 is 0 Å². The van der Waals surface area contributed by atoms with Gasteiger partial charge in [-0.3, -0.25) is 4.90 Å². The van der Waals surface area contributed by atoms with Crippen molar-refractivity contribution in [3.05, 3.63) is 0 Å². The molecule has 0 bridgehead atoms. The van der Waals surface area contributed by atoms with Crippen LogP contribution in [0.3, 0.4) is 0 Å². The van der Waals surface area contributed by atoms with Crippen LogP contribution >= 0.6 is 0 Å². The second-order valence-corrected chi connectivity index (χ2v) is 4.80. The van der Waals surface area contributed by atoms with E-state index >= 15 is 0 Å².